The number of rotatable bonds is 4. The summed E-state index contributed by atoms with van der Waals surface area (Å²) in [4.78, 5) is 4.00. The van der Waals surface area contributed by atoms with Gasteiger partial charge in [0.15, 0.2) is 0 Å². The third-order valence-corrected chi connectivity index (χ3v) is 2.41. The van der Waals surface area contributed by atoms with Crippen LogP contribution in [-0.4, -0.2) is 15.1 Å². The van der Waals surface area contributed by atoms with Gasteiger partial charge in [-0.2, -0.15) is 0 Å². The van der Waals surface area contributed by atoms with Gasteiger partial charge in [-0.3, -0.25) is 0 Å². The van der Waals surface area contributed by atoms with Gasteiger partial charge < -0.3 is 14.3 Å². The Morgan fingerprint density at radius 1 is 1.29 bits per heavy atom. The van der Waals surface area contributed by atoms with Crippen molar-refractivity contribution in [2.45, 2.75) is 39.4 Å². The van der Waals surface area contributed by atoms with Crippen molar-refractivity contribution in [2.75, 3.05) is 0 Å². The quantitative estimate of drug-likeness (QED) is 0.882. The van der Waals surface area contributed by atoms with Crippen LogP contribution in [-0.2, 0) is 13.1 Å². The predicted molar refractivity (Wildman–Crippen MR) is 66.6 cm³/mol. The molecule has 0 saturated heterocycles. The molecule has 0 aliphatic rings. The Hall–Kier alpha value is -1.55. The van der Waals surface area contributed by atoms with Crippen molar-refractivity contribution in [3.8, 4) is 0 Å². The van der Waals surface area contributed by atoms with Crippen molar-refractivity contribution in [3.63, 3.8) is 0 Å². The van der Waals surface area contributed by atoms with Gasteiger partial charge in [-0.15, -0.1) is 0 Å². The van der Waals surface area contributed by atoms with Crippen LogP contribution in [0.5, 0.6) is 0 Å². The Kier molecular flexibility index (Phi) is 3.33. The lowest BCUT2D eigenvalue weighted by molar-refractivity contribution is 0.376. The lowest BCUT2D eigenvalue weighted by Crippen LogP contribution is -2.34. The highest BCUT2D eigenvalue weighted by Gasteiger charge is 2.10. The highest BCUT2D eigenvalue weighted by Crippen LogP contribution is 2.11. The monoisotopic (exact) mass is 233 g/mol. The molecule has 0 spiro atoms. The summed E-state index contributed by atoms with van der Waals surface area (Å²) in [5.74, 6) is 1.92. The van der Waals surface area contributed by atoms with Gasteiger partial charge in [-0.25, -0.2) is 4.98 Å². The van der Waals surface area contributed by atoms with E-state index in [1.807, 2.05) is 22.9 Å². The summed E-state index contributed by atoms with van der Waals surface area (Å²) in [5, 5.41) is 3.40. The molecule has 0 bridgehead atoms. The summed E-state index contributed by atoms with van der Waals surface area (Å²) >= 11 is 0. The van der Waals surface area contributed by atoms with Crippen LogP contribution >= 0.6 is 0 Å². The first-order valence-corrected chi connectivity index (χ1v) is 5.81. The molecule has 0 aromatic carbocycles. The van der Waals surface area contributed by atoms with E-state index in [0.717, 1.165) is 24.6 Å². The SMILES string of the molecule is CC(C)(C)NCc1ccc(Cn2ccnc2)o1. The highest BCUT2D eigenvalue weighted by atomic mass is 16.3. The first-order valence-electron chi connectivity index (χ1n) is 5.81. The van der Waals surface area contributed by atoms with Gasteiger partial charge in [0.05, 0.1) is 19.4 Å². The maximum absolute atomic E-state index is 5.74. The van der Waals surface area contributed by atoms with Crippen molar-refractivity contribution >= 4 is 0 Å². The molecule has 4 nitrogen and oxygen atoms in total. The maximum Gasteiger partial charge on any atom is 0.123 e. The van der Waals surface area contributed by atoms with Crippen molar-refractivity contribution in [3.05, 3.63) is 42.4 Å². The van der Waals surface area contributed by atoms with E-state index in [2.05, 4.69) is 31.1 Å². The third-order valence-electron chi connectivity index (χ3n) is 2.41. The number of nitrogens with one attached hydrogen (secondary N) is 1. The Balaban J connectivity index is 1.92. The number of furan rings is 1. The first kappa shape index (κ1) is 11.9. The fourth-order valence-corrected chi connectivity index (χ4v) is 1.51. The van der Waals surface area contributed by atoms with Crippen LogP contribution in [0.25, 0.3) is 0 Å². The highest BCUT2D eigenvalue weighted by molar-refractivity contribution is 5.08. The molecule has 0 unspecified atom stereocenters. The Bertz CT molecular complexity index is 451. The van der Waals surface area contributed by atoms with Crippen molar-refractivity contribution in [1.82, 2.24) is 14.9 Å². The first-order chi connectivity index (χ1) is 8.03. The van der Waals surface area contributed by atoms with E-state index < -0.39 is 0 Å². The molecule has 2 aromatic heterocycles. The van der Waals surface area contributed by atoms with Crippen LogP contribution in [0.2, 0.25) is 0 Å². The molecule has 17 heavy (non-hydrogen) atoms. The van der Waals surface area contributed by atoms with Gasteiger partial charge in [0.25, 0.3) is 0 Å². The van der Waals surface area contributed by atoms with Crippen molar-refractivity contribution < 1.29 is 4.42 Å². The van der Waals surface area contributed by atoms with Gasteiger partial charge in [0, 0.05) is 17.9 Å². The molecule has 2 rings (SSSR count). The maximum atomic E-state index is 5.74. The summed E-state index contributed by atoms with van der Waals surface area (Å²) in [6.45, 7) is 7.91. The minimum atomic E-state index is 0.108. The largest absolute Gasteiger partial charge is 0.463 e. The minimum absolute atomic E-state index is 0.108. The summed E-state index contributed by atoms with van der Waals surface area (Å²) in [7, 11) is 0. The Morgan fingerprint density at radius 3 is 2.71 bits per heavy atom. The summed E-state index contributed by atoms with van der Waals surface area (Å²) in [6, 6.07) is 4.03. The normalized spacial score (nSPS) is 11.9. The lowest BCUT2D eigenvalue weighted by Gasteiger charge is -2.19. The lowest BCUT2D eigenvalue weighted by atomic mass is 10.1. The third kappa shape index (κ3) is 3.75. The van der Waals surface area contributed by atoms with Crippen molar-refractivity contribution in [1.29, 1.82) is 0 Å². The number of imidazole rings is 1. The molecular formula is C13H19N3O. The average Bonchev–Trinajstić information content (AvgIpc) is 2.86. The van der Waals surface area contributed by atoms with Crippen molar-refractivity contribution in [2.24, 2.45) is 0 Å². The van der Waals surface area contributed by atoms with E-state index in [4.69, 9.17) is 4.42 Å². The van der Waals surface area contributed by atoms with E-state index in [9.17, 15) is 0 Å². The average molecular weight is 233 g/mol. The zero-order valence-electron chi connectivity index (χ0n) is 10.6. The van der Waals surface area contributed by atoms with Gasteiger partial charge in [-0.1, -0.05) is 0 Å². The Labute approximate surface area is 102 Å². The number of hydrogen-bond acceptors (Lipinski definition) is 3. The van der Waals surface area contributed by atoms with Crippen LogP contribution in [0, 0.1) is 0 Å². The van der Waals surface area contributed by atoms with E-state index in [-0.39, 0.29) is 5.54 Å². The Morgan fingerprint density at radius 2 is 2.06 bits per heavy atom. The molecule has 0 aliphatic heterocycles. The molecule has 0 amide bonds. The van der Waals surface area contributed by atoms with Crippen LogP contribution in [0.3, 0.4) is 0 Å². The smallest absolute Gasteiger partial charge is 0.123 e. The molecule has 0 aliphatic carbocycles. The fraction of sp³-hybridized carbons (Fsp3) is 0.462. The summed E-state index contributed by atoms with van der Waals surface area (Å²) < 4.78 is 7.73. The molecule has 1 N–H and O–H groups in total. The second kappa shape index (κ2) is 4.75. The molecule has 0 radical (unpaired) electrons. The molecule has 4 heteroatoms. The fourth-order valence-electron chi connectivity index (χ4n) is 1.51. The number of aromatic nitrogens is 2. The van der Waals surface area contributed by atoms with Crippen LogP contribution in [0.15, 0.2) is 35.3 Å². The number of hydrogen-bond donors (Lipinski definition) is 1. The van der Waals surface area contributed by atoms with Crippen LogP contribution in [0.1, 0.15) is 32.3 Å². The van der Waals surface area contributed by atoms with E-state index in [1.165, 1.54) is 0 Å². The number of nitrogens with zero attached hydrogens (tertiary/aromatic N) is 2. The molecular weight excluding hydrogens is 214 g/mol. The van der Waals surface area contributed by atoms with Gasteiger partial charge in [0.1, 0.15) is 11.5 Å². The molecule has 0 fully saturated rings. The minimum Gasteiger partial charge on any atom is -0.463 e. The van der Waals surface area contributed by atoms with E-state index in [1.54, 1.807) is 12.5 Å². The molecule has 0 atom stereocenters. The van der Waals surface area contributed by atoms with E-state index >= 15 is 0 Å². The van der Waals surface area contributed by atoms with E-state index in [0.29, 0.717) is 0 Å². The standard InChI is InChI=1S/C13H19N3O/c1-13(2,3)15-8-11-4-5-12(17-11)9-16-7-6-14-10-16/h4-7,10,15H,8-9H2,1-3H3. The zero-order valence-corrected chi connectivity index (χ0v) is 10.6. The molecule has 0 saturated carbocycles. The van der Waals surface area contributed by atoms with Gasteiger partial charge in [-0.05, 0) is 32.9 Å². The second-order valence-electron chi connectivity index (χ2n) is 5.21. The zero-order chi connectivity index (χ0) is 12.3. The summed E-state index contributed by atoms with van der Waals surface area (Å²) in [6.07, 6.45) is 5.48. The molecule has 2 heterocycles. The molecule has 92 valence electrons. The van der Waals surface area contributed by atoms with Gasteiger partial charge >= 0.3 is 0 Å². The molecule has 2 aromatic rings. The summed E-state index contributed by atoms with van der Waals surface area (Å²) in [5.41, 5.74) is 0.108. The predicted octanol–water partition coefficient (Wildman–Crippen LogP) is 2.41. The topological polar surface area (TPSA) is 43.0 Å². The van der Waals surface area contributed by atoms with Crippen LogP contribution < -0.4 is 5.32 Å². The van der Waals surface area contributed by atoms with Crippen LogP contribution in [0.4, 0.5) is 0 Å². The van der Waals surface area contributed by atoms with Gasteiger partial charge in [0.2, 0.25) is 0 Å². The second-order valence-corrected chi connectivity index (χ2v) is 5.21.